The van der Waals surface area contributed by atoms with Crippen LogP contribution in [0.1, 0.15) is 41.9 Å². The summed E-state index contributed by atoms with van der Waals surface area (Å²) in [5.74, 6) is 0.0451. The van der Waals surface area contributed by atoms with Crippen LogP contribution >= 0.6 is 0 Å². The molecule has 2 saturated heterocycles. The van der Waals surface area contributed by atoms with Gasteiger partial charge in [0.2, 0.25) is 0 Å². The molecule has 0 spiro atoms. The number of rotatable bonds is 3. The number of β-amino-alcohol motifs (C(OH)–C–C–N with tert-alkyl or cyclic N) is 1. The number of amides is 1. The van der Waals surface area contributed by atoms with Crippen molar-refractivity contribution >= 4 is 11.6 Å². The number of aliphatic hydroxyl groups is 1. The smallest absolute Gasteiger partial charge is 0.274 e. The summed E-state index contributed by atoms with van der Waals surface area (Å²) < 4.78 is 2.02. The summed E-state index contributed by atoms with van der Waals surface area (Å²) in [5, 5.41) is 9.93. The van der Waals surface area contributed by atoms with Crippen molar-refractivity contribution in [3.05, 3.63) is 35.8 Å². The molecule has 2 aromatic heterocycles. The first kappa shape index (κ1) is 15.6. The number of likely N-dealkylation sites (tertiary alicyclic amines) is 2. The fourth-order valence-corrected chi connectivity index (χ4v) is 3.83. The van der Waals surface area contributed by atoms with Crippen molar-refractivity contribution in [3.63, 3.8) is 0 Å². The molecule has 6 nitrogen and oxygen atoms in total. The number of carbonyl (C=O) groups is 1. The second-order valence-electron chi connectivity index (χ2n) is 6.87. The molecule has 1 amide bonds. The van der Waals surface area contributed by atoms with E-state index in [1.165, 1.54) is 0 Å². The normalized spacial score (nSPS) is 22.4. The first-order valence-corrected chi connectivity index (χ1v) is 8.88. The van der Waals surface area contributed by atoms with Crippen molar-refractivity contribution in [3.8, 4) is 0 Å². The van der Waals surface area contributed by atoms with Crippen LogP contribution in [0.5, 0.6) is 0 Å². The van der Waals surface area contributed by atoms with Crippen molar-refractivity contribution in [1.82, 2.24) is 19.2 Å². The predicted octanol–water partition coefficient (Wildman–Crippen LogP) is 1.53. The largest absolute Gasteiger partial charge is 0.392 e. The van der Waals surface area contributed by atoms with E-state index in [0.29, 0.717) is 18.8 Å². The quantitative estimate of drug-likeness (QED) is 0.928. The van der Waals surface area contributed by atoms with Gasteiger partial charge in [0.15, 0.2) is 5.69 Å². The highest BCUT2D eigenvalue weighted by atomic mass is 16.3. The van der Waals surface area contributed by atoms with Gasteiger partial charge in [0.05, 0.1) is 11.8 Å². The second kappa shape index (κ2) is 6.53. The fraction of sp³-hybridized carbons (Fsp3) is 0.556. The highest BCUT2D eigenvalue weighted by Crippen LogP contribution is 2.21. The molecule has 24 heavy (non-hydrogen) atoms. The second-order valence-corrected chi connectivity index (χ2v) is 6.87. The van der Waals surface area contributed by atoms with Crippen LogP contribution in [-0.2, 0) is 6.54 Å². The SMILES string of the molecule is O=C(c1nc2ccccn2c1CN1CCCC(O)C1)N1CCCC1. The molecule has 0 saturated carbocycles. The van der Waals surface area contributed by atoms with E-state index in [0.717, 1.165) is 56.7 Å². The Balaban J connectivity index is 1.68. The Bertz CT molecular complexity index is 736. The topological polar surface area (TPSA) is 61.1 Å². The van der Waals surface area contributed by atoms with Crippen molar-refractivity contribution in [1.29, 1.82) is 0 Å². The number of nitrogens with zero attached hydrogens (tertiary/aromatic N) is 4. The van der Waals surface area contributed by atoms with Crippen LogP contribution in [0.15, 0.2) is 24.4 Å². The number of imidazole rings is 1. The maximum Gasteiger partial charge on any atom is 0.274 e. The molecule has 1 atom stereocenters. The van der Waals surface area contributed by atoms with Crippen molar-refractivity contribution < 1.29 is 9.90 Å². The molecule has 4 heterocycles. The van der Waals surface area contributed by atoms with Gasteiger partial charge >= 0.3 is 0 Å². The third-order valence-corrected chi connectivity index (χ3v) is 5.08. The molecule has 2 fully saturated rings. The molecular weight excluding hydrogens is 304 g/mol. The number of piperidine rings is 1. The van der Waals surface area contributed by atoms with Crippen molar-refractivity contribution in [2.24, 2.45) is 0 Å². The number of hydrogen-bond donors (Lipinski definition) is 1. The highest BCUT2D eigenvalue weighted by Gasteiger charge is 2.27. The summed E-state index contributed by atoms with van der Waals surface area (Å²) in [6, 6.07) is 5.85. The molecule has 0 radical (unpaired) electrons. The molecule has 6 heteroatoms. The van der Waals surface area contributed by atoms with Crippen LogP contribution in [-0.4, -0.2) is 62.5 Å². The summed E-state index contributed by atoms with van der Waals surface area (Å²) in [5.41, 5.74) is 2.33. The molecule has 1 N–H and O–H groups in total. The minimum Gasteiger partial charge on any atom is -0.392 e. The molecule has 1 unspecified atom stereocenters. The van der Waals surface area contributed by atoms with Gasteiger partial charge in [-0.15, -0.1) is 0 Å². The van der Waals surface area contributed by atoms with E-state index < -0.39 is 0 Å². The van der Waals surface area contributed by atoms with E-state index in [4.69, 9.17) is 0 Å². The minimum atomic E-state index is -0.268. The van der Waals surface area contributed by atoms with Gasteiger partial charge in [-0.25, -0.2) is 4.98 Å². The standard InChI is InChI=1S/C18H24N4O2/c23-14-6-5-8-20(12-14)13-15-17(18(24)21-9-3-4-10-21)19-16-7-1-2-11-22(15)16/h1-2,7,11,14,23H,3-6,8-10,12-13H2. The molecule has 0 bridgehead atoms. The summed E-state index contributed by atoms with van der Waals surface area (Å²) in [6.45, 7) is 3.92. The van der Waals surface area contributed by atoms with Crippen LogP contribution < -0.4 is 0 Å². The summed E-state index contributed by atoms with van der Waals surface area (Å²) >= 11 is 0. The van der Waals surface area contributed by atoms with Crippen LogP contribution in [0.2, 0.25) is 0 Å². The lowest BCUT2D eigenvalue weighted by Crippen LogP contribution is -2.38. The molecule has 0 aliphatic carbocycles. The van der Waals surface area contributed by atoms with E-state index in [2.05, 4.69) is 9.88 Å². The van der Waals surface area contributed by atoms with E-state index in [1.54, 1.807) is 0 Å². The molecule has 4 rings (SSSR count). The Labute approximate surface area is 141 Å². The number of aliphatic hydroxyl groups excluding tert-OH is 1. The van der Waals surface area contributed by atoms with E-state index in [1.807, 2.05) is 33.7 Å². The van der Waals surface area contributed by atoms with Gasteiger partial charge in [-0.05, 0) is 44.4 Å². The van der Waals surface area contributed by atoms with E-state index >= 15 is 0 Å². The maximum absolute atomic E-state index is 12.9. The lowest BCUT2D eigenvalue weighted by molar-refractivity contribution is 0.0653. The zero-order valence-electron chi connectivity index (χ0n) is 13.9. The number of pyridine rings is 1. The Hall–Kier alpha value is -1.92. The predicted molar refractivity (Wildman–Crippen MR) is 90.8 cm³/mol. The molecular formula is C18H24N4O2. The van der Waals surface area contributed by atoms with Crippen molar-refractivity contribution in [2.45, 2.75) is 38.3 Å². The maximum atomic E-state index is 12.9. The van der Waals surface area contributed by atoms with Crippen molar-refractivity contribution in [2.75, 3.05) is 26.2 Å². The first-order valence-electron chi connectivity index (χ1n) is 8.88. The van der Waals surface area contributed by atoms with E-state index in [9.17, 15) is 9.90 Å². The molecule has 2 aromatic rings. The Morgan fingerprint density at radius 3 is 2.83 bits per heavy atom. The number of carbonyl (C=O) groups excluding carboxylic acids is 1. The average Bonchev–Trinajstić information content (AvgIpc) is 3.23. The van der Waals surface area contributed by atoms with Gasteiger partial charge in [-0.3, -0.25) is 9.69 Å². The van der Waals surface area contributed by atoms with Gasteiger partial charge in [0, 0.05) is 32.4 Å². The average molecular weight is 328 g/mol. The third kappa shape index (κ3) is 2.91. The van der Waals surface area contributed by atoms with E-state index in [-0.39, 0.29) is 12.0 Å². The minimum absolute atomic E-state index is 0.0451. The molecule has 0 aromatic carbocycles. The molecule has 128 valence electrons. The first-order chi connectivity index (χ1) is 11.7. The Morgan fingerprint density at radius 1 is 1.21 bits per heavy atom. The van der Waals surface area contributed by atoms with Crippen LogP contribution in [0.3, 0.4) is 0 Å². The lowest BCUT2D eigenvalue weighted by Gasteiger charge is -2.30. The molecule has 2 aliphatic rings. The zero-order valence-corrected chi connectivity index (χ0v) is 13.9. The summed E-state index contributed by atoms with van der Waals surface area (Å²) in [7, 11) is 0. The third-order valence-electron chi connectivity index (χ3n) is 5.08. The van der Waals surface area contributed by atoms with Gasteiger partial charge in [0.25, 0.3) is 5.91 Å². The number of fused-ring (bicyclic) bond motifs is 1. The van der Waals surface area contributed by atoms with Crippen LogP contribution in [0, 0.1) is 0 Å². The molecule has 2 aliphatic heterocycles. The fourth-order valence-electron chi connectivity index (χ4n) is 3.83. The Kier molecular flexibility index (Phi) is 4.24. The zero-order chi connectivity index (χ0) is 16.5. The monoisotopic (exact) mass is 328 g/mol. The summed E-state index contributed by atoms with van der Waals surface area (Å²) in [6.07, 6.45) is 5.71. The van der Waals surface area contributed by atoms with Gasteiger partial charge < -0.3 is 14.4 Å². The Morgan fingerprint density at radius 2 is 2.04 bits per heavy atom. The van der Waals surface area contributed by atoms with Crippen LogP contribution in [0.25, 0.3) is 5.65 Å². The van der Waals surface area contributed by atoms with Gasteiger partial charge in [0.1, 0.15) is 5.65 Å². The number of aromatic nitrogens is 2. The highest BCUT2D eigenvalue weighted by molar-refractivity contribution is 5.94. The lowest BCUT2D eigenvalue weighted by atomic mass is 10.1. The van der Waals surface area contributed by atoms with Gasteiger partial charge in [-0.1, -0.05) is 6.07 Å². The van der Waals surface area contributed by atoms with Gasteiger partial charge in [-0.2, -0.15) is 0 Å². The van der Waals surface area contributed by atoms with Crippen LogP contribution in [0.4, 0.5) is 0 Å². The number of hydrogen-bond acceptors (Lipinski definition) is 4. The summed E-state index contributed by atoms with van der Waals surface area (Å²) in [4.78, 5) is 21.7.